The number of hydrogen-bond donors (Lipinski definition) is 3. The quantitative estimate of drug-likeness (QED) is 0.240. The van der Waals surface area contributed by atoms with Crippen LogP contribution in [0.1, 0.15) is 41.0 Å². The number of ether oxygens (including phenoxy) is 1. The zero-order valence-corrected chi connectivity index (χ0v) is 16.0. The molecule has 0 spiro atoms. The molecule has 0 heterocycles. The van der Waals surface area contributed by atoms with Gasteiger partial charge >= 0.3 is 0 Å². The maximum atomic E-state index is 5.29. The van der Waals surface area contributed by atoms with Crippen LogP contribution < -0.4 is 16.0 Å². The third-order valence-electron chi connectivity index (χ3n) is 2.34. The lowest BCUT2D eigenvalue weighted by molar-refractivity contribution is 0.146. The van der Waals surface area contributed by atoms with Gasteiger partial charge in [-0.15, -0.1) is 24.0 Å². The Kier molecular flexibility index (Phi) is 15.4. The fourth-order valence-electron chi connectivity index (χ4n) is 1.46. The Bertz CT molecular complexity index is 242. The molecule has 122 valence electrons. The molecule has 3 N–H and O–H groups in total. The summed E-state index contributed by atoms with van der Waals surface area (Å²) >= 11 is 0. The maximum absolute atomic E-state index is 5.29. The average molecular weight is 400 g/mol. The summed E-state index contributed by atoms with van der Waals surface area (Å²) in [6.07, 6.45) is 0.963. The predicted octanol–water partition coefficient (Wildman–Crippen LogP) is 1.97. The first kappa shape index (κ1) is 22.2. The van der Waals surface area contributed by atoms with Crippen molar-refractivity contribution in [2.45, 2.75) is 46.6 Å². The minimum Gasteiger partial charge on any atom is -0.382 e. The lowest BCUT2D eigenvalue weighted by Gasteiger charge is -2.21. The number of aliphatic imine (C=N–C) groups is 1. The molecule has 6 heteroatoms. The van der Waals surface area contributed by atoms with Gasteiger partial charge in [-0.2, -0.15) is 0 Å². The van der Waals surface area contributed by atoms with Gasteiger partial charge in [-0.05, 0) is 41.0 Å². The molecule has 0 aliphatic carbocycles. The standard InChI is InChI=1S/C14H32N4O.HI/c1-6-15-13(16-9-8-12-19-7-2)17-10-11-18-14(3,4)5;/h18H,6-12H2,1-5H3,(H2,15,16,17);1H. The van der Waals surface area contributed by atoms with Crippen molar-refractivity contribution < 1.29 is 4.74 Å². The molecule has 0 unspecified atom stereocenters. The van der Waals surface area contributed by atoms with E-state index >= 15 is 0 Å². The fraction of sp³-hybridized carbons (Fsp3) is 0.929. The van der Waals surface area contributed by atoms with Gasteiger partial charge in [0.25, 0.3) is 0 Å². The molecule has 0 aliphatic heterocycles. The van der Waals surface area contributed by atoms with Gasteiger partial charge in [0, 0.05) is 44.9 Å². The van der Waals surface area contributed by atoms with Crippen LogP contribution in [0, 0.1) is 0 Å². The molecule has 0 rings (SSSR count). The number of rotatable bonds is 9. The Hall–Kier alpha value is -0.0800. The molecule has 0 fully saturated rings. The highest BCUT2D eigenvalue weighted by atomic mass is 127. The van der Waals surface area contributed by atoms with Gasteiger partial charge in [0.15, 0.2) is 5.96 Å². The molecule has 0 aromatic rings. The van der Waals surface area contributed by atoms with Crippen molar-refractivity contribution in [2.24, 2.45) is 4.99 Å². The van der Waals surface area contributed by atoms with Gasteiger partial charge in [-0.3, -0.25) is 4.99 Å². The van der Waals surface area contributed by atoms with Crippen LogP contribution in [-0.4, -0.2) is 50.9 Å². The number of hydrogen-bond acceptors (Lipinski definition) is 3. The Morgan fingerprint density at radius 1 is 1.10 bits per heavy atom. The van der Waals surface area contributed by atoms with Crippen LogP contribution in [0.15, 0.2) is 4.99 Å². The van der Waals surface area contributed by atoms with Crippen molar-refractivity contribution in [3.05, 3.63) is 0 Å². The summed E-state index contributed by atoms with van der Waals surface area (Å²) in [5, 5.41) is 10.00. The third-order valence-corrected chi connectivity index (χ3v) is 2.34. The molecule has 0 atom stereocenters. The van der Waals surface area contributed by atoms with Gasteiger partial charge in [0.1, 0.15) is 0 Å². The molecule has 20 heavy (non-hydrogen) atoms. The monoisotopic (exact) mass is 400 g/mol. The van der Waals surface area contributed by atoms with Crippen molar-refractivity contribution >= 4 is 29.9 Å². The summed E-state index contributed by atoms with van der Waals surface area (Å²) in [6, 6.07) is 0. The minimum atomic E-state index is 0. The largest absolute Gasteiger partial charge is 0.382 e. The van der Waals surface area contributed by atoms with Crippen molar-refractivity contribution in [3.63, 3.8) is 0 Å². The second-order valence-corrected chi connectivity index (χ2v) is 5.41. The molecule has 0 aromatic heterocycles. The second-order valence-electron chi connectivity index (χ2n) is 5.41. The third kappa shape index (κ3) is 16.0. The lowest BCUT2D eigenvalue weighted by Crippen LogP contribution is -2.44. The molecule has 0 aliphatic rings. The van der Waals surface area contributed by atoms with Crippen molar-refractivity contribution in [1.82, 2.24) is 16.0 Å². The summed E-state index contributed by atoms with van der Waals surface area (Å²) in [6.45, 7) is 15.6. The molecule has 0 bridgehead atoms. The van der Waals surface area contributed by atoms with Gasteiger partial charge in [0.2, 0.25) is 0 Å². The van der Waals surface area contributed by atoms with E-state index in [1.54, 1.807) is 0 Å². The van der Waals surface area contributed by atoms with Gasteiger partial charge in [0.05, 0.1) is 0 Å². The van der Waals surface area contributed by atoms with Crippen LogP contribution in [0.3, 0.4) is 0 Å². The number of halogens is 1. The van der Waals surface area contributed by atoms with E-state index < -0.39 is 0 Å². The van der Waals surface area contributed by atoms with Crippen molar-refractivity contribution in [1.29, 1.82) is 0 Å². The first-order chi connectivity index (χ1) is 8.99. The second kappa shape index (κ2) is 13.9. The van der Waals surface area contributed by atoms with Crippen LogP contribution in [0.4, 0.5) is 0 Å². The van der Waals surface area contributed by atoms with E-state index in [0.717, 1.165) is 51.8 Å². The summed E-state index contributed by atoms with van der Waals surface area (Å²) in [5.74, 6) is 0.884. The normalized spacial score (nSPS) is 11.9. The average Bonchev–Trinajstić information content (AvgIpc) is 2.33. The van der Waals surface area contributed by atoms with Crippen LogP contribution in [0.2, 0.25) is 0 Å². The van der Waals surface area contributed by atoms with Crippen molar-refractivity contribution in [2.75, 3.05) is 39.4 Å². The van der Waals surface area contributed by atoms with E-state index in [2.05, 4.69) is 48.6 Å². The van der Waals surface area contributed by atoms with E-state index in [-0.39, 0.29) is 29.5 Å². The van der Waals surface area contributed by atoms with Crippen molar-refractivity contribution in [3.8, 4) is 0 Å². The van der Waals surface area contributed by atoms with Gasteiger partial charge < -0.3 is 20.7 Å². The zero-order valence-electron chi connectivity index (χ0n) is 13.7. The molecule has 0 amide bonds. The van der Waals surface area contributed by atoms with E-state index in [9.17, 15) is 0 Å². The molecular weight excluding hydrogens is 367 g/mol. The van der Waals surface area contributed by atoms with E-state index in [1.807, 2.05) is 6.92 Å². The number of guanidine groups is 1. The summed E-state index contributed by atoms with van der Waals surface area (Å²) in [4.78, 5) is 4.51. The summed E-state index contributed by atoms with van der Waals surface area (Å²) in [7, 11) is 0. The Labute approximate surface area is 141 Å². The SMILES string of the molecule is CCNC(=NCCCOCC)NCCNC(C)(C)C.I. The van der Waals surface area contributed by atoms with Gasteiger partial charge in [-0.25, -0.2) is 0 Å². The zero-order chi connectivity index (χ0) is 14.6. The highest BCUT2D eigenvalue weighted by Gasteiger charge is 2.07. The summed E-state index contributed by atoms with van der Waals surface area (Å²) in [5.41, 5.74) is 0.161. The topological polar surface area (TPSA) is 57.7 Å². The first-order valence-electron chi connectivity index (χ1n) is 7.34. The Balaban J connectivity index is 0. The Morgan fingerprint density at radius 3 is 2.35 bits per heavy atom. The fourth-order valence-corrected chi connectivity index (χ4v) is 1.46. The highest BCUT2D eigenvalue weighted by molar-refractivity contribution is 14.0. The van der Waals surface area contributed by atoms with Crippen LogP contribution in [-0.2, 0) is 4.74 Å². The number of nitrogens with one attached hydrogen (secondary N) is 3. The number of nitrogens with zero attached hydrogens (tertiary/aromatic N) is 1. The predicted molar refractivity (Wildman–Crippen MR) is 98.3 cm³/mol. The molecule has 0 saturated heterocycles. The molecule has 0 radical (unpaired) electrons. The molecule has 0 aromatic carbocycles. The lowest BCUT2D eigenvalue weighted by atomic mass is 10.1. The van der Waals surface area contributed by atoms with E-state index in [0.29, 0.717) is 0 Å². The molecular formula is C14H33IN4O. The summed E-state index contributed by atoms with van der Waals surface area (Å²) < 4.78 is 5.29. The highest BCUT2D eigenvalue weighted by Crippen LogP contribution is 1.96. The maximum Gasteiger partial charge on any atom is 0.191 e. The van der Waals surface area contributed by atoms with E-state index in [1.165, 1.54) is 0 Å². The smallest absolute Gasteiger partial charge is 0.191 e. The van der Waals surface area contributed by atoms with E-state index in [4.69, 9.17) is 4.74 Å². The molecule has 0 saturated carbocycles. The van der Waals surface area contributed by atoms with Crippen LogP contribution in [0.5, 0.6) is 0 Å². The minimum absolute atomic E-state index is 0. The van der Waals surface area contributed by atoms with Crippen LogP contribution >= 0.6 is 24.0 Å². The van der Waals surface area contributed by atoms with Crippen LogP contribution in [0.25, 0.3) is 0 Å². The Morgan fingerprint density at radius 2 is 1.80 bits per heavy atom. The van der Waals surface area contributed by atoms with Gasteiger partial charge in [-0.1, -0.05) is 0 Å². The first-order valence-corrected chi connectivity index (χ1v) is 7.34. The molecule has 5 nitrogen and oxygen atoms in total.